The van der Waals surface area contributed by atoms with E-state index < -0.39 is 0 Å². The quantitative estimate of drug-likeness (QED) is 0.899. The van der Waals surface area contributed by atoms with Crippen molar-refractivity contribution in [3.63, 3.8) is 0 Å². The van der Waals surface area contributed by atoms with Crippen LogP contribution in [0.3, 0.4) is 0 Å². The average Bonchev–Trinajstić information content (AvgIpc) is 2.72. The first kappa shape index (κ1) is 13.1. The molecule has 0 aromatic carbocycles. The maximum Gasteiger partial charge on any atom is 0.237 e. The molecule has 1 aromatic heterocycles. The van der Waals surface area contributed by atoms with Crippen LogP contribution in [0.15, 0.2) is 15.9 Å². The molecule has 3 nitrogen and oxygen atoms in total. The highest BCUT2D eigenvalue weighted by Gasteiger charge is 2.24. The molecule has 0 radical (unpaired) electrons. The van der Waals surface area contributed by atoms with E-state index in [1.54, 1.807) is 11.3 Å². The summed E-state index contributed by atoms with van der Waals surface area (Å²) < 4.78 is 1.08. The molecule has 2 unspecified atom stereocenters. The van der Waals surface area contributed by atoms with Gasteiger partial charge in [0.25, 0.3) is 0 Å². The van der Waals surface area contributed by atoms with Gasteiger partial charge in [-0.25, -0.2) is 0 Å². The Kier molecular flexibility index (Phi) is 4.59. The second-order valence-electron chi connectivity index (χ2n) is 4.59. The Labute approximate surface area is 114 Å². The molecular weight excluding hydrogens is 300 g/mol. The van der Waals surface area contributed by atoms with E-state index in [1.807, 2.05) is 11.4 Å². The molecular formula is C12H17BrN2OS. The van der Waals surface area contributed by atoms with Gasteiger partial charge < -0.3 is 10.6 Å². The summed E-state index contributed by atoms with van der Waals surface area (Å²) in [6.45, 7) is 3.78. The lowest BCUT2D eigenvalue weighted by atomic mass is 9.94. The smallest absolute Gasteiger partial charge is 0.237 e. The number of nitrogens with one attached hydrogen (secondary N) is 2. The van der Waals surface area contributed by atoms with Crippen molar-refractivity contribution in [1.29, 1.82) is 0 Å². The minimum absolute atomic E-state index is 0.0119. The highest BCUT2D eigenvalue weighted by molar-refractivity contribution is 9.10. The number of carbonyl (C=O) groups is 1. The van der Waals surface area contributed by atoms with Crippen LogP contribution in [-0.4, -0.2) is 18.5 Å². The SMILES string of the molecule is CC1CCNC(C(=O)NCc2cc(Br)cs2)C1. The fourth-order valence-electron chi connectivity index (χ4n) is 2.05. The van der Waals surface area contributed by atoms with Gasteiger partial charge >= 0.3 is 0 Å². The van der Waals surface area contributed by atoms with Crippen molar-refractivity contribution >= 4 is 33.2 Å². The molecule has 0 aliphatic carbocycles. The van der Waals surface area contributed by atoms with Crippen LogP contribution in [0.4, 0.5) is 0 Å². The molecule has 1 fully saturated rings. The summed E-state index contributed by atoms with van der Waals surface area (Å²) in [6, 6.07) is 2.03. The highest BCUT2D eigenvalue weighted by Crippen LogP contribution is 2.20. The Morgan fingerprint density at radius 3 is 3.18 bits per heavy atom. The number of amides is 1. The molecule has 5 heteroatoms. The molecule has 1 aliphatic rings. The fourth-order valence-corrected chi connectivity index (χ4v) is 3.44. The van der Waals surface area contributed by atoms with Gasteiger partial charge in [0.15, 0.2) is 0 Å². The summed E-state index contributed by atoms with van der Waals surface area (Å²) in [5, 5.41) is 8.29. The zero-order valence-corrected chi connectivity index (χ0v) is 12.2. The van der Waals surface area contributed by atoms with Crippen molar-refractivity contribution in [1.82, 2.24) is 10.6 Å². The molecule has 1 aliphatic heterocycles. The molecule has 0 spiro atoms. The lowest BCUT2D eigenvalue weighted by molar-refractivity contribution is -0.124. The molecule has 2 atom stereocenters. The maximum absolute atomic E-state index is 11.9. The van der Waals surface area contributed by atoms with E-state index in [1.165, 1.54) is 11.3 Å². The topological polar surface area (TPSA) is 41.1 Å². The fraction of sp³-hybridized carbons (Fsp3) is 0.583. The molecule has 1 amide bonds. The predicted molar refractivity (Wildman–Crippen MR) is 74.1 cm³/mol. The Bertz CT molecular complexity index is 394. The van der Waals surface area contributed by atoms with E-state index >= 15 is 0 Å². The van der Waals surface area contributed by atoms with E-state index in [9.17, 15) is 4.79 Å². The largest absolute Gasteiger partial charge is 0.350 e. The maximum atomic E-state index is 11.9. The van der Waals surface area contributed by atoms with Crippen LogP contribution in [0.5, 0.6) is 0 Å². The number of piperidine rings is 1. The van der Waals surface area contributed by atoms with Gasteiger partial charge in [0.05, 0.1) is 12.6 Å². The average molecular weight is 317 g/mol. The molecule has 94 valence electrons. The van der Waals surface area contributed by atoms with Gasteiger partial charge in [-0.2, -0.15) is 0 Å². The monoisotopic (exact) mass is 316 g/mol. The van der Waals surface area contributed by atoms with Gasteiger partial charge in [0.1, 0.15) is 0 Å². The van der Waals surface area contributed by atoms with E-state index in [2.05, 4.69) is 33.5 Å². The number of thiophene rings is 1. The van der Waals surface area contributed by atoms with Gasteiger partial charge in [-0.3, -0.25) is 4.79 Å². The number of carbonyl (C=O) groups excluding carboxylic acids is 1. The lowest BCUT2D eigenvalue weighted by Gasteiger charge is -2.27. The highest BCUT2D eigenvalue weighted by atomic mass is 79.9. The van der Waals surface area contributed by atoms with E-state index in [0.717, 1.165) is 17.4 Å². The van der Waals surface area contributed by atoms with Crippen molar-refractivity contribution in [2.75, 3.05) is 6.54 Å². The van der Waals surface area contributed by atoms with Crippen molar-refractivity contribution in [2.24, 2.45) is 5.92 Å². The first-order chi connectivity index (χ1) is 8.15. The summed E-state index contributed by atoms with van der Waals surface area (Å²) >= 11 is 5.07. The number of hydrogen-bond donors (Lipinski definition) is 2. The normalized spacial score (nSPS) is 24.6. The zero-order chi connectivity index (χ0) is 12.3. The van der Waals surface area contributed by atoms with Crippen LogP contribution >= 0.6 is 27.3 Å². The number of hydrogen-bond acceptors (Lipinski definition) is 3. The van der Waals surface area contributed by atoms with Crippen LogP contribution in [0.1, 0.15) is 24.6 Å². The van der Waals surface area contributed by atoms with Crippen LogP contribution in [0, 0.1) is 5.92 Å². The minimum atomic E-state index is -0.0119. The standard InChI is InChI=1S/C12H17BrN2OS/c1-8-2-3-14-11(4-8)12(16)15-6-10-5-9(13)7-17-10/h5,7-8,11,14H,2-4,6H2,1H3,(H,15,16). The van der Waals surface area contributed by atoms with Crippen LogP contribution in [0.2, 0.25) is 0 Å². The van der Waals surface area contributed by atoms with Crippen LogP contribution in [-0.2, 0) is 11.3 Å². The molecule has 1 saturated heterocycles. The van der Waals surface area contributed by atoms with Crippen LogP contribution in [0.25, 0.3) is 0 Å². The summed E-state index contributed by atoms with van der Waals surface area (Å²) in [6.07, 6.45) is 2.11. The van der Waals surface area contributed by atoms with Crippen molar-refractivity contribution in [3.8, 4) is 0 Å². The third-order valence-electron chi connectivity index (χ3n) is 3.04. The Hall–Kier alpha value is -0.390. The first-order valence-corrected chi connectivity index (χ1v) is 7.56. The molecule has 17 heavy (non-hydrogen) atoms. The molecule has 0 saturated carbocycles. The summed E-state index contributed by atoms with van der Waals surface area (Å²) in [5.74, 6) is 0.768. The third-order valence-corrected chi connectivity index (χ3v) is 4.74. The van der Waals surface area contributed by atoms with Gasteiger partial charge in [0.2, 0.25) is 5.91 Å². The summed E-state index contributed by atoms with van der Waals surface area (Å²) in [4.78, 5) is 13.1. The van der Waals surface area contributed by atoms with Gasteiger partial charge in [-0.05, 0) is 47.3 Å². The van der Waals surface area contributed by atoms with Crippen molar-refractivity contribution in [3.05, 3.63) is 20.8 Å². The summed E-state index contributed by atoms with van der Waals surface area (Å²) in [7, 11) is 0. The van der Waals surface area contributed by atoms with Gasteiger partial charge in [0, 0.05) is 14.7 Å². The van der Waals surface area contributed by atoms with Crippen LogP contribution < -0.4 is 10.6 Å². The van der Waals surface area contributed by atoms with E-state index in [0.29, 0.717) is 12.5 Å². The minimum Gasteiger partial charge on any atom is -0.350 e. The predicted octanol–water partition coefficient (Wildman–Crippen LogP) is 2.51. The Balaban J connectivity index is 1.80. The lowest BCUT2D eigenvalue weighted by Crippen LogP contribution is -2.48. The second-order valence-corrected chi connectivity index (χ2v) is 6.50. The summed E-state index contributed by atoms with van der Waals surface area (Å²) in [5.41, 5.74) is 0. The molecule has 0 bridgehead atoms. The molecule has 2 heterocycles. The van der Waals surface area contributed by atoms with E-state index in [4.69, 9.17) is 0 Å². The molecule has 1 aromatic rings. The molecule has 2 N–H and O–H groups in total. The van der Waals surface area contributed by atoms with Gasteiger partial charge in [-0.15, -0.1) is 11.3 Å². The molecule has 2 rings (SSSR count). The number of rotatable bonds is 3. The first-order valence-electron chi connectivity index (χ1n) is 5.89. The Morgan fingerprint density at radius 2 is 2.53 bits per heavy atom. The van der Waals surface area contributed by atoms with Crippen molar-refractivity contribution < 1.29 is 4.79 Å². The zero-order valence-electron chi connectivity index (χ0n) is 9.83. The van der Waals surface area contributed by atoms with Crippen molar-refractivity contribution in [2.45, 2.75) is 32.4 Å². The van der Waals surface area contributed by atoms with Gasteiger partial charge in [-0.1, -0.05) is 6.92 Å². The van der Waals surface area contributed by atoms with E-state index in [-0.39, 0.29) is 11.9 Å². The third kappa shape index (κ3) is 3.79. The Morgan fingerprint density at radius 1 is 1.71 bits per heavy atom. The number of halogens is 1. The second kappa shape index (κ2) is 5.98.